The first kappa shape index (κ1) is 11.2. The Morgan fingerprint density at radius 2 is 2.29 bits per heavy atom. The van der Waals surface area contributed by atoms with E-state index in [1.165, 1.54) is 0 Å². The lowest BCUT2D eigenvalue weighted by Crippen LogP contribution is -2.36. The van der Waals surface area contributed by atoms with Crippen LogP contribution in [0.3, 0.4) is 0 Å². The first-order valence-electron chi connectivity index (χ1n) is 4.96. The number of aryl methyl sites for hydroxylation is 1. The molecule has 0 amide bonds. The summed E-state index contributed by atoms with van der Waals surface area (Å²) in [5, 5.41) is 16.6. The molecule has 0 spiro atoms. The summed E-state index contributed by atoms with van der Waals surface area (Å²) in [4.78, 5) is 0. The molecule has 1 rings (SSSR count). The fourth-order valence-corrected chi connectivity index (χ4v) is 1.30. The predicted molar refractivity (Wildman–Crippen MR) is 55.8 cm³/mol. The molecule has 1 atom stereocenters. The van der Waals surface area contributed by atoms with Crippen LogP contribution in [0.2, 0.25) is 0 Å². The molecule has 1 aromatic heterocycles. The smallest absolute Gasteiger partial charge is 0.0762 e. The molecule has 0 aliphatic carbocycles. The highest BCUT2D eigenvalue weighted by molar-refractivity contribution is 4.98. The number of nitrogens with one attached hydrogen (secondary N) is 1. The maximum atomic E-state index is 9.09. The highest BCUT2D eigenvalue weighted by Crippen LogP contribution is 2.02. The summed E-state index contributed by atoms with van der Waals surface area (Å²) in [5.74, 6) is 0.434. The van der Waals surface area contributed by atoms with E-state index in [1.807, 2.05) is 19.3 Å². The standard InChI is InChI=1S/C10H19N3O/c1-8(2)10(7-14)11-6-9-4-5-13(3)12-9/h4-5,8,10-11,14H,6-7H2,1-3H3/t10-/m0/s1. The highest BCUT2D eigenvalue weighted by Gasteiger charge is 2.11. The van der Waals surface area contributed by atoms with Crippen LogP contribution < -0.4 is 5.32 Å². The molecular weight excluding hydrogens is 178 g/mol. The Morgan fingerprint density at radius 1 is 1.57 bits per heavy atom. The minimum absolute atomic E-state index is 0.150. The summed E-state index contributed by atoms with van der Waals surface area (Å²) >= 11 is 0. The van der Waals surface area contributed by atoms with Crippen molar-refractivity contribution >= 4 is 0 Å². The quantitative estimate of drug-likeness (QED) is 0.724. The van der Waals surface area contributed by atoms with Crippen LogP contribution in [0.5, 0.6) is 0 Å². The second-order valence-corrected chi connectivity index (χ2v) is 3.89. The van der Waals surface area contributed by atoms with Gasteiger partial charge in [0.25, 0.3) is 0 Å². The normalized spacial score (nSPS) is 13.5. The summed E-state index contributed by atoms with van der Waals surface area (Å²) in [6.45, 7) is 5.06. The van der Waals surface area contributed by atoms with Gasteiger partial charge in [-0.3, -0.25) is 4.68 Å². The van der Waals surface area contributed by atoms with E-state index in [1.54, 1.807) is 4.68 Å². The van der Waals surface area contributed by atoms with E-state index in [-0.39, 0.29) is 12.6 Å². The largest absolute Gasteiger partial charge is 0.395 e. The zero-order valence-corrected chi connectivity index (χ0v) is 9.07. The van der Waals surface area contributed by atoms with Crippen LogP contribution in [0.15, 0.2) is 12.3 Å². The Labute approximate surface area is 84.9 Å². The van der Waals surface area contributed by atoms with Crippen LogP contribution in [0, 0.1) is 5.92 Å². The fourth-order valence-electron chi connectivity index (χ4n) is 1.30. The molecule has 80 valence electrons. The van der Waals surface area contributed by atoms with Crippen molar-refractivity contribution in [3.05, 3.63) is 18.0 Å². The lowest BCUT2D eigenvalue weighted by molar-refractivity contribution is 0.209. The van der Waals surface area contributed by atoms with E-state index < -0.39 is 0 Å². The third-order valence-corrected chi connectivity index (χ3v) is 2.32. The van der Waals surface area contributed by atoms with Crippen molar-refractivity contribution in [1.29, 1.82) is 0 Å². The van der Waals surface area contributed by atoms with Gasteiger partial charge in [0.1, 0.15) is 0 Å². The maximum Gasteiger partial charge on any atom is 0.0762 e. The van der Waals surface area contributed by atoms with Gasteiger partial charge in [0.05, 0.1) is 12.3 Å². The van der Waals surface area contributed by atoms with E-state index in [9.17, 15) is 0 Å². The topological polar surface area (TPSA) is 50.1 Å². The summed E-state index contributed by atoms with van der Waals surface area (Å²) in [6.07, 6.45) is 1.92. The molecule has 0 aliphatic heterocycles. The van der Waals surface area contributed by atoms with Crippen LogP contribution in [0.25, 0.3) is 0 Å². The van der Waals surface area contributed by atoms with Crippen LogP contribution in [-0.4, -0.2) is 27.5 Å². The van der Waals surface area contributed by atoms with Crippen LogP contribution in [-0.2, 0) is 13.6 Å². The second-order valence-electron chi connectivity index (χ2n) is 3.89. The molecule has 14 heavy (non-hydrogen) atoms. The molecule has 1 aromatic rings. The lowest BCUT2D eigenvalue weighted by Gasteiger charge is -2.19. The van der Waals surface area contributed by atoms with Crippen molar-refractivity contribution < 1.29 is 5.11 Å². The predicted octanol–water partition coefficient (Wildman–Crippen LogP) is 0.527. The average Bonchev–Trinajstić information content (AvgIpc) is 2.52. The molecule has 1 heterocycles. The minimum atomic E-state index is 0.150. The maximum absolute atomic E-state index is 9.09. The summed E-state index contributed by atoms with van der Waals surface area (Å²) < 4.78 is 1.78. The van der Waals surface area contributed by atoms with Crippen LogP contribution >= 0.6 is 0 Å². The van der Waals surface area contributed by atoms with Gasteiger partial charge in [-0.25, -0.2) is 0 Å². The van der Waals surface area contributed by atoms with Gasteiger partial charge in [-0.15, -0.1) is 0 Å². The molecule has 4 heteroatoms. The Bertz CT molecular complexity index is 270. The minimum Gasteiger partial charge on any atom is -0.395 e. The van der Waals surface area contributed by atoms with Gasteiger partial charge in [0, 0.05) is 25.8 Å². The van der Waals surface area contributed by atoms with E-state index in [0.717, 1.165) is 5.69 Å². The van der Waals surface area contributed by atoms with Gasteiger partial charge < -0.3 is 10.4 Å². The van der Waals surface area contributed by atoms with E-state index in [4.69, 9.17) is 5.11 Å². The second kappa shape index (κ2) is 5.12. The van der Waals surface area contributed by atoms with Gasteiger partial charge in [0.15, 0.2) is 0 Å². The molecular formula is C10H19N3O. The van der Waals surface area contributed by atoms with E-state index >= 15 is 0 Å². The molecule has 0 aromatic carbocycles. The number of aliphatic hydroxyl groups is 1. The third-order valence-electron chi connectivity index (χ3n) is 2.32. The highest BCUT2D eigenvalue weighted by atomic mass is 16.3. The van der Waals surface area contributed by atoms with Gasteiger partial charge >= 0.3 is 0 Å². The van der Waals surface area contributed by atoms with Crippen molar-refractivity contribution in [3.8, 4) is 0 Å². The monoisotopic (exact) mass is 197 g/mol. The Morgan fingerprint density at radius 3 is 2.71 bits per heavy atom. The van der Waals surface area contributed by atoms with E-state index in [0.29, 0.717) is 12.5 Å². The number of hydrogen-bond donors (Lipinski definition) is 2. The molecule has 0 unspecified atom stereocenters. The average molecular weight is 197 g/mol. The summed E-state index contributed by atoms with van der Waals surface area (Å²) in [5.41, 5.74) is 1.01. The zero-order chi connectivity index (χ0) is 10.6. The Balaban J connectivity index is 2.39. The van der Waals surface area contributed by atoms with Crippen molar-refractivity contribution in [2.45, 2.75) is 26.4 Å². The van der Waals surface area contributed by atoms with Crippen molar-refractivity contribution in [3.63, 3.8) is 0 Å². The first-order valence-corrected chi connectivity index (χ1v) is 4.96. The molecule has 0 bridgehead atoms. The molecule has 0 saturated carbocycles. The van der Waals surface area contributed by atoms with Gasteiger partial charge in [-0.05, 0) is 12.0 Å². The fraction of sp³-hybridized carbons (Fsp3) is 0.700. The molecule has 0 fully saturated rings. The van der Waals surface area contributed by atoms with Gasteiger partial charge in [-0.1, -0.05) is 13.8 Å². The molecule has 2 N–H and O–H groups in total. The van der Waals surface area contributed by atoms with Crippen LogP contribution in [0.1, 0.15) is 19.5 Å². The number of hydrogen-bond acceptors (Lipinski definition) is 3. The van der Waals surface area contributed by atoms with Crippen molar-refractivity contribution in [2.75, 3.05) is 6.61 Å². The summed E-state index contributed by atoms with van der Waals surface area (Å²) in [6, 6.07) is 2.12. The molecule has 0 saturated heterocycles. The van der Waals surface area contributed by atoms with Crippen molar-refractivity contribution in [1.82, 2.24) is 15.1 Å². The third kappa shape index (κ3) is 3.12. The molecule has 0 radical (unpaired) electrons. The number of rotatable bonds is 5. The van der Waals surface area contributed by atoms with Gasteiger partial charge in [0.2, 0.25) is 0 Å². The first-order chi connectivity index (χ1) is 6.63. The van der Waals surface area contributed by atoms with Gasteiger partial charge in [-0.2, -0.15) is 5.10 Å². The molecule has 4 nitrogen and oxygen atoms in total. The number of aliphatic hydroxyl groups excluding tert-OH is 1. The van der Waals surface area contributed by atoms with E-state index in [2.05, 4.69) is 24.3 Å². The molecule has 0 aliphatic rings. The zero-order valence-electron chi connectivity index (χ0n) is 9.07. The lowest BCUT2D eigenvalue weighted by atomic mass is 10.1. The number of nitrogens with zero attached hydrogens (tertiary/aromatic N) is 2. The SMILES string of the molecule is CC(C)[C@H](CO)NCc1ccn(C)n1. The van der Waals surface area contributed by atoms with Crippen LogP contribution in [0.4, 0.5) is 0 Å². The Hall–Kier alpha value is -0.870. The van der Waals surface area contributed by atoms with Crippen molar-refractivity contribution in [2.24, 2.45) is 13.0 Å². The summed E-state index contributed by atoms with van der Waals surface area (Å²) in [7, 11) is 1.90. The number of aromatic nitrogens is 2. The Kier molecular flexibility index (Phi) is 4.10.